The highest BCUT2D eigenvalue weighted by Gasteiger charge is 2.09. The second-order valence-corrected chi connectivity index (χ2v) is 6.80. The van der Waals surface area contributed by atoms with E-state index in [1.807, 2.05) is 0 Å². The fourth-order valence-corrected chi connectivity index (χ4v) is 3.25. The lowest BCUT2D eigenvalue weighted by Gasteiger charge is -2.17. The molecule has 0 saturated heterocycles. The van der Waals surface area contributed by atoms with Crippen molar-refractivity contribution < 1.29 is 8.78 Å². The summed E-state index contributed by atoms with van der Waals surface area (Å²) in [6.45, 7) is 4.32. The van der Waals surface area contributed by atoms with E-state index < -0.39 is 11.6 Å². The van der Waals surface area contributed by atoms with Crippen molar-refractivity contribution in [3.63, 3.8) is 0 Å². The van der Waals surface area contributed by atoms with Gasteiger partial charge in [0.15, 0.2) is 5.96 Å². The van der Waals surface area contributed by atoms with Gasteiger partial charge in [-0.25, -0.2) is 8.78 Å². The minimum Gasteiger partial charge on any atom is -0.354 e. The smallest absolute Gasteiger partial charge is 0.191 e. The van der Waals surface area contributed by atoms with Gasteiger partial charge in [0.25, 0.3) is 0 Å². The molecule has 1 aromatic carbocycles. The van der Waals surface area contributed by atoms with Crippen molar-refractivity contribution in [1.29, 1.82) is 0 Å². The number of guanidine groups is 1. The molecule has 23 heavy (non-hydrogen) atoms. The number of hydrogen-bond donors (Lipinski definition) is 2. The molecule has 1 atom stereocenters. The summed E-state index contributed by atoms with van der Waals surface area (Å²) in [6, 6.07) is 7.83. The van der Waals surface area contributed by atoms with E-state index in [-0.39, 0.29) is 18.2 Å². The highest BCUT2D eigenvalue weighted by atomic mass is 32.1. The largest absolute Gasteiger partial charge is 0.354 e. The first-order valence-electron chi connectivity index (χ1n) is 7.44. The van der Waals surface area contributed by atoms with Crippen LogP contribution in [0.5, 0.6) is 0 Å². The second kappa shape index (κ2) is 8.06. The molecular weight excluding hydrogens is 316 g/mol. The Bertz CT molecular complexity index is 682. The van der Waals surface area contributed by atoms with E-state index in [1.165, 1.54) is 15.8 Å². The van der Waals surface area contributed by atoms with Crippen LogP contribution >= 0.6 is 11.3 Å². The lowest BCUT2D eigenvalue weighted by Crippen LogP contribution is -2.42. The monoisotopic (exact) mass is 337 g/mol. The summed E-state index contributed by atoms with van der Waals surface area (Å²) in [4.78, 5) is 6.71. The number of aryl methyl sites for hydroxylation is 1. The Morgan fingerprint density at radius 3 is 2.70 bits per heavy atom. The van der Waals surface area contributed by atoms with Crippen LogP contribution in [-0.4, -0.2) is 19.0 Å². The molecule has 0 aliphatic heterocycles. The summed E-state index contributed by atoms with van der Waals surface area (Å²) in [5, 5.41) is 6.27. The molecule has 0 bridgehead atoms. The summed E-state index contributed by atoms with van der Waals surface area (Å²) < 4.78 is 26.8. The molecule has 3 nitrogen and oxygen atoms in total. The van der Waals surface area contributed by atoms with Gasteiger partial charge in [0, 0.05) is 41.4 Å². The Hall–Kier alpha value is -1.95. The summed E-state index contributed by atoms with van der Waals surface area (Å²) >= 11 is 1.77. The lowest BCUT2D eigenvalue weighted by molar-refractivity contribution is 0.579. The van der Waals surface area contributed by atoms with Crippen LogP contribution in [0.15, 0.2) is 35.3 Å². The number of hydrogen-bond acceptors (Lipinski definition) is 2. The van der Waals surface area contributed by atoms with Gasteiger partial charge in [-0.05, 0) is 44.2 Å². The predicted octanol–water partition coefficient (Wildman–Crippen LogP) is 3.63. The fourth-order valence-electron chi connectivity index (χ4n) is 2.23. The van der Waals surface area contributed by atoms with E-state index in [1.54, 1.807) is 18.4 Å². The quantitative estimate of drug-likeness (QED) is 0.646. The highest BCUT2D eigenvalue weighted by molar-refractivity contribution is 7.11. The van der Waals surface area contributed by atoms with Crippen LogP contribution < -0.4 is 10.6 Å². The number of nitrogens with one attached hydrogen (secondary N) is 2. The van der Waals surface area contributed by atoms with Gasteiger partial charge in [0.1, 0.15) is 11.6 Å². The fraction of sp³-hybridized carbons (Fsp3) is 0.353. The van der Waals surface area contributed by atoms with Crippen LogP contribution in [-0.2, 0) is 13.0 Å². The third-order valence-corrected chi connectivity index (χ3v) is 4.39. The van der Waals surface area contributed by atoms with Gasteiger partial charge >= 0.3 is 0 Å². The number of nitrogens with zero attached hydrogens (tertiary/aromatic N) is 1. The van der Waals surface area contributed by atoms with Crippen molar-refractivity contribution in [3.8, 4) is 0 Å². The molecule has 1 unspecified atom stereocenters. The first-order valence-corrected chi connectivity index (χ1v) is 8.26. The van der Waals surface area contributed by atoms with Gasteiger partial charge in [0.05, 0.1) is 0 Å². The van der Waals surface area contributed by atoms with Crippen molar-refractivity contribution in [2.45, 2.75) is 32.9 Å². The Morgan fingerprint density at radius 1 is 1.26 bits per heavy atom. The van der Waals surface area contributed by atoms with E-state index >= 15 is 0 Å². The van der Waals surface area contributed by atoms with Gasteiger partial charge in [-0.2, -0.15) is 0 Å². The number of halogens is 2. The molecule has 0 spiro atoms. The van der Waals surface area contributed by atoms with Crippen molar-refractivity contribution in [1.82, 2.24) is 10.6 Å². The van der Waals surface area contributed by atoms with Gasteiger partial charge in [0.2, 0.25) is 0 Å². The van der Waals surface area contributed by atoms with Crippen LogP contribution in [0.25, 0.3) is 0 Å². The molecule has 0 fully saturated rings. The Balaban J connectivity index is 1.89. The topological polar surface area (TPSA) is 36.4 Å². The standard InChI is InChI=1S/C17H21F2N3S/c1-11(8-15-6-4-12(2)23-15)22-17(20-3)21-10-13-9-14(18)5-7-16(13)19/h4-7,9,11H,8,10H2,1-3H3,(H2,20,21,22). The molecule has 2 aromatic rings. The molecule has 0 aliphatic carbocycles. The Morgan fingerprint density at radius 2 is 2.04 bits per heavy atom. The first kappa shape index (κ1) is 17.4. The average Bonchev–Trinajstić information content (AvgIpc) is 2.91. The molecule has 2 N–H and O–H groups in total. The van der Waals surface area contributed by atoms with Gasteiger partial charge in [-0.3, -0.25) is 4.99 Å². The molecule has 1 heterocycles. The molecule has 0 aliphatic rings. The third-order valence-electron chi connectivity index (χ3n) is 3.36. The minimum absolute atomic E-state index is 0.175. The Labute approximate surface area is 139 Å². The maximum Gasteiger partial charge on any atom is 0.191 e. The van der Waals surface area contributed by atoms with Crippen molar-refractivity contribution in [2.24, 2.45) is 4.99 Å². The molecular formula is C17H21F2N3S. The van der Waals surface area contributed by atoms with Crippen molar-refractivity contribution in [2.75, 3.05) is 7.05 Å². The summed E-state index contributed by atoms with van der Waals surface area (Å²) in [5.74, 6) is -0.321. The molecule has 6 heteroatoms. The minimum atomic E-state index is -0.451. The van der Waals surface area contributed by atoms with Crippen LogP contribution in [0.4, 0.5) is 8.78 Å². The maximum atomic E-state index is 13.6. The molecule has 1 aromatic heterocycles. The van der Waals surface area contributed by atoms with Gasteiger partial charge < -0.3 is 10.6 Å². The molecule has 0 amide bonds. The zero-order chi connectivity index (χ0) is 16.8. The normalized spacial score (nSPS) is 13.0. The summed E-state index contributed by atoms with van der Waals surface area (Å²) in [7, 11) is 1.65. The van der Waals surface area contributed by atoms with E-state index in [0.717, 1.165) is 18.6 Å². The SMILES string of the molecule is CN=C(NCc1cc(F)ccc1F)NC(C)Cc1ccc(C)s1. The zero-order valence-electron chi connectivity index (χ0n) is 13.5. The summed E-state index contributed by atoms with van der Waals surface area (Å²) in [5.41, 5.74) is 0.273. The maximum absolute atomic E-state index is 13.6. The van der Waals surface area contributed by atoms with Gasteiger partial charge in [-0.15, -0.1) is 11.3 Å². The first-order chi connectivity index (χ1) is 11.0. The van der Waals surface area contributed by atoms with E-state index in [2.05, 4.69) is 41.6 Å². The van der Waals surface area contributed by atoms with Crippen LogP contribution in [0.1, 0.15) is 22.2 Å². The number of benzene rings is 1. The molecule has 2 rings (SSSR count). The third kappa shape index (κ3) is 5.32. The average molecular weight is 337 g/mol. The second-order valence-electron chi connectivity index (χ2n) is 5.42. The van der Waals surface area contributed by atoms with Gasteiger partial charge in [-0.1, -0.05) is 0 Å². The van der Waals surface area contributed by atoms with E-state index in [9.17, 15) is 8.78 Å². The molecule has 0 saturated carbocycles. The van der Waals surface area contributed by atoms with E-state index in [4.69, 9.17) is 0 Å². The number of aliphatic imine (C=N–C) groups is 1. The van der Waals surface area contributed by atoms with Crippen molar-refractivity contribution >= 4 is 17.3 Å². The molecule has 0 radical (unpaired) electrons. The van der Waals surface area contributed by atoms with Crippen molar-refractivity contribution in [3.05, 3.63) is 57.3 Å². The number of thiophene rings is 1. The van der Waals surface area contributed by atoms with Crippen LogP contribution in [0, 0.1) is 18.6 Å². The van der Waals surface area contributed by atoms with Crippen LogP contribution in [0.3, 0.4) is 0 Å². The highest BCUT2D eigenvalue weighted by Crippen LogP contribution is 2.16. The van der Waals surface area contributed by atoms with E-state index in [0.29, 0.717) is 5.96 Å². The summed E-state index contributed by atoms with van der Waals surface area (Å²) in [6.07, 6.45) is 0.882. The zero-order valence-corrected chi connectivity index (χ0v) is 14.3. The number of rotatable bonds is 5. The predicted molar refractivity (Wildman–Crippen MR) is 91.9 cm³/mol. The molecule has 124 valence electrons. The Kier molecular flexibility index (Phi) is 6.10. The van der Waals surface area contributed by atoms with Crippen LogP contribution in [0.2, 0.25) is 0 Å². The lowest BCUT2D eigenvalue weighted by atomic mass is 10.2.